The molecule has 1 aromatic carbocycles. The van der Waals surface area contributed by atoms with Gasteiger partial charge in [-0.3, -0.25) is 9.59 Å². The molecule has 1 atom stereocenters. The number of hydrogen-bond acceptors (Lipinski definition) is 6. The summed E-state index contributed by atoms with van der Waals surface area (Å²) in [6.45, 7) is 1.10. The molecule has 28 heavy (non-hydrogen) atoms. The van der Waals surface area contributed by atoms with Crippen LogP contribution in [0.25, 0.3) is 0 Å². The molecular weight excluding hydrogens is 378 g/mol. The molecule has 2 heterocycles. The van der Waals surface area contributed by atoms with Gasteiger partial charge in [0.15, 0.2) is 0 Å². The Kier molecular flexibility index (Phi) is 6.89. The summed E-state index contributed by atoms with van der Waals surface area (Å²) in [7, 11) is 1.59. The predicted molar refractivity (Wildman–Crippen MR) is 109 cm³/mol. The molecule has 0 radical (unpaired) electrons. The van der Waals surface area contributed by atoms with Crippen LogP contribution in [-0.2, 0) is 14.3 Å². The quantitative estimate of drug-likeness (QED) is 0.541. The van der Waals surface area contributed by atoms with E-state index < -0.39 is 5.92 Å². The summed E-state index contributed by atoms with van der Waals surface area (Å²) < 4.78 is 10.5. The number of ether oxygens (including phenoxy) is 2. The molecule has 1 aliphatic heterocycles. The van der Waals surface area contributed by atoms with Gasteiger partial charge in [0, 0.05) is 36.9 Å². The van der Waals surface area contributed by atoms with E-state index in [0.717, 1.165) is 10.6 Å². The molecule has 1 aromatic heterocycles. The number of amides is 2. The van der Waals surface area contributed by atoms with E-state index in [1.165, 1.54) is 0 Å². The van der Waals surface area contributed by atoms with Crippen LogP contribution in [0.1, 0.15) is 6.42 Å². The Bertz CT molecular complexity index is 828. The van der Waals surface area contributed by atoms with Crippen LogP contribution < -0.4 is 15.0 Å². The van der Waals surface area contributed by atoms with Crippen LogP contribution in [0, 0.1) is 5.92 Å². The molecule has 0 aliphatic carbocycles. The summed E-state index contributed by atoms with van der Waals surface area (Å²) in [4.78, 5) is 32.1. The molecule has 1 N–H and O–H groups in total. The van der Waals surface area contributed by atoms with Gasteiger partial charge in [-0.1, -0.05) is 0 Å². The fraction of sp³-hybridized carbons (Fsp3) is 0.350. The third-order valence-corrected chi connectivity index (χ3v) is 5.18. The summed E-state index contributed by atoms with van der Waals surface area (Å²) in [6.07, 6.45) is 3.77. The van der Waals surface area contributed by atoms with E-state index in [-0.39, 0.29) is 18.2 Å². The van der Waals surface area contributed by atoms with Crippen molar-refractivity contribution < 1.29 is 19.1 Å². The fourth-order valence-electron chi connectivity index (χ4n) is 2.95. The van der Waals surface area contributed by atoms with Crippen LogP contribution in [0.3, 0.4) is 0 Å². The maximum absolute atomic E-state index is 12.7. The number of nitrogens with zero attached hydrogens (tertiary/aromatic N) is 2. The van der Waals surface area contributed by atoms with Crippen molar-refractivity contribution in [2.45, 2.75) is 11.3 Å². The molecular formula is C20H23N3O4S. The average Bonchev–Trinajstić information content (AvgIpc) is 3.11. The first-order chi connectivity index (χ1) is 13.6. The van der Waals surface area contributed by atoms with Crippen molar-refractivity contribution in [3.8, 4) is 5.88 Å². The lowest BCUT2D eigenvalue weighted by molar-refractivity contribution is -0.122. The minimum atomic E-state index is -0.431. The molecule has 2 amide bonds. The van der Waals surface area contributed by atoms with E-state index in [9.17, 15) is 9.59 Å². The molecule has 3 rings (SSSR count). The first-order valence-electron chi connectivity index (χ1n) is 8.94. The Morgan fingerprint density at radius 2 is 2.07 bits per heavy atom. The minimum Gasteiger partial charge on any atom is -0.474 e. The van der Waals surface area contributed by atoms with Gasteiger partial charge < -0.3 is 19.7 Å². The number of hydrogen-bond donors (Lipinski definition) is 1. The van der Waals surface area contributed by atoms with E-state index in [1.54, 1.807) is 42.1 Å². The number of methoxy groups -OCH3 is 1. The van der Waals surface area contributed by atoms with E-state index in [2.05, 4.69) is 10.3 Å². The zero-order valence-corrected chi connectivity index (χ0v) is 16.7. The van der Waals surface area contributed by atoms with Gasteiger partial charge in [-0.15, -0.1) is 11.8 Å². The van der Waals surface area contributed by atoms with Gasteiger partial charge in [-0.2, -0.15) is 0 Å². The Labute approximate surface area is 168 Å². The van der Waals surface area contributed by atoms with Crippen LogP contribution in [0.4, 0.5) is 11.4 Å². The SMILES string of the molecule is COCCOc1ncccc1NC(=O)C1CC(=O)N(c2ccc(SC)cc2)C1. The highest BCUT2D eigenvalue weighted by molar-refractivity contribution is 7.98. The van der Waals surface area contributed by atoms with Crippen molar-refractivity contribution >= 4 is 35.0 Å². The van der Waals surface area contributed by atoms with Gasteiger partial charge in [0.05, 0.1) is 12.5 Å². The smallest absolute Gasteiger partial charge is 0.237 e. The predicted octanol–water partition coefficient (Wildman–Crippen LogP) is 2.82. The second kappa shape index (κ2) is 9.57. The second-order valence-corrected chi connectivity index (χ2v) is 7.17. The molecule has 1 saturated heterocycles. The fourth-order valence-corrected chi connectivity index (χ4v) is 3.36. The first kappa shape index (κ1) is 20.2. The van der Waals surface area contributed by atoms with Crippen LogP contribution in [0.2, 0.25) is 0 Å². The molecule has 8 heteroatoms. The third kappa shape index (κ3) is 4.82. The van der Waals surface area contributed by atoms with Crippen molar-refractivity contribution in [2.75, 3.05) is 43.3 Å². The number of thioether (sulfide) groups is 1. The number of rotatable bonds is 8. The molecule has 0 saturated carbocycles. The molecule has 1 unspecified atom stereocenters. The molecule has 7 nitrogen and oxygen atoms in total. The number of anilines is 2. The van der Waals surface area contributed by atoms with Crippen LogP contribution in [0.5, 0.6) is 5.88 Å². The summed E-state index contributed by atoms with van der Waals surface area (Å²) in [5, 5.41) is 2.84. The zero-order chi connectivity index (χ0) is 19.9. The number of aromatic nitrogens is 1. The lowest BCUT2D eigenvalue weighted by Gasteiger charge is -2.17. The average molecular weight is 401 g/mol. The van der Waals surface area contributed by atoms with Gasteiger partial charge in [0.1, 0.15) is 12.3 Å². The van der Waals surface area contributed by atoms with Crippen LogP contribution in [0.15, 0.2) is 47.5 Å². The Morgan fingerprint density at radius 1 is 1.29 bits per heavy atom. The molecule has 0 spiro atoms. The molecule has 0 bridgehead atoms. The molecule has 1 fully saturated rings. The summed E-state index contributed by atoms with van der Waals surface area (Å²) >= 11 is 1.64. The Balaban J connectivity index is 1.65. The lowest BCUT2D eigenvalue weighted by atomic mass is 10.1. The topological polar surface area (TPSA) is 80.8 Å². The van der Waals surface area contributed by atoms with Crippen molar-refractivity contribution in [3.05, 3.63) is 42.6 Å². The number of pyridine rings is 1. The lowest BCUT2D eigenvalue weighted by Crippen LogP contribution is -2.28. The summed E-state index contributed by atoms with van der Waals surface area (Å²) in [5.41, 5.74) is 1.29. The number of nitrogens with one attached hydrogen (secondary N) is 1. The highest BCUT2D eigenvalue weighted by atomic mass is 32.2. The van der Waals surface area contributed by atoms with Crippen molar-refractivity contribution in [3.63, 3.8) is 0 Å². The van der Waals surface area contributed by atoms with Crippen molar-refractivity contribution in [1.29, 1.82) is 0 Å². The van der Waals surface area contributed by atoms with E-state index in [1.807, 2.05) is 30.5 Å². The van der Waals surface area contributed by atoms with Gasteiger partial charge in [0.25, 0.3) is 0 Å². The largest absolute Gasteiger partial charge is 0.474 e. The van der Waals surface area contributed by atoms with E-state index in [4.69, 9.17) is 9.47 Å². The monoisotopic (exact) mass is 401 g/mol. The summed E-state index contributed by atoms with van der Waals surface area (Å²) in [6, 6.07) is 11.2. The van der Waals surface area contributed by atoms with Crippen molar-refractivity contribution in [2.24, 2.45) is 5.92 Å². The maximum Gasteiger partial charge on any atom is 0.237 e. The third-order valence-electron chi connectivity index (χ3n) is 4.44. The van der Waals surface area contributed by atoms with Gasteiger partial charge in [0.2, 0.25) is 17.7 Å². The zero-order valence-electron chi connectivity index (χ0n) is 15.9. The molecule has 2 aromatic rings. The Morgan fingerprint density at radius 3 is 2.79 bits per heavy atom. The van der Waals surface area contributed by atoms with Crippen LogP contribution >= 0.6 is 11.8 Å². The number of carbonyl (C=O) groups is 2. The van der Waals surface area contributed by atoms with E-state index in [0.29, 0.717) is 31.3 Å². The molecule has 148 valence electrons. The first-order valence-corrected chi connectivity index (χ1v) is 10.2. The number of benzene rings is 1. The maximum atomic E-state index is 12.7. The highest BCUT2D eigenvalue weighted by Gasteiger charge is 2.35. The summed E-state index contributed by atoms with van der Waals surface area (Å²) in [5.74, 6) is -0.373. The van der Waals surface area contributed by atoms with Gasteiger partial charge in [-0.05, 0) is 42.7 Å². The number of carbonyl (C=O) groups excluding carboxylic acids is 2. The Hall–Kier alpha value is -2.58. The van der Waals surface area contributed by atoms with Crippen LogP contribution in [-0.4, -0.2) is 49.9 Å². The van der Waals surface area contributed by atoms with Gasteiger partial charge in [-0.25, -0.2) is 4.98 Å². The normalized spacial score (nSPS) is 16.3. The second-order valence-electron chi connectivity index (χ2n) is 6.29. The standard InChI is InChI=1S/C20H23N3O4S/c1-26-10-11-27-20-17(4-3-9-21-20)22-19(25)14-12-18(24)23(13-14)15-5-7-16(28-2)8-6-15/h3-9,14H,10-13H2,1-2H3,(H,22,25). The van der Waals surface area contributed by atoms with E-state index >= 15 is 0 Å². The minimum absolute atomic E-state index is 0.0557. The highest BCUT2D eigenvalue weighted by Crippen LogP contribution is 2.29. The molecule has 1 aliphatic rings. The van der Waals surface area contributed by atoms with Gasteiger partial charge >= 0.3 is 0 Å². The van der Waals surface area contributed by atoms with Crippen molar-refractivity contribution in [1.82, 2.24) is 4.98 Å².